The number of nitrogens with two attached hydrogens (primary N) is 2. The number of anilines is 2. The molecule has 0 unspecified atom stereocenters. The maximum absolute atomic E-state index is 11.3. The lowest BCUT2D eigenvalue weighted by atomic mass is 10.3. The monoisotopic (exact) mass is 303 g/mol. The molecule has 0 aliphatic heterocycles. The quantitative estimate of drug-likeness (QED) is 0.448. The molecule has 0 amide bonds. The van der Waals surface area contributed by atoms with Crippen molar-refractivity contribution in [1.82, 2.24) is 0 Å². The second-order valence-corrected chi connectivity index (χ2v) is 5.78. The molecule has 1 rings (SSSR count). The Bertz CT molecular complexity index is 519. The van der Waals surface area contributed by atoms with E-state index in [1.165, 1.54) is 12.1 Å². The highest BCUT2D eigenvalue weighted by Gasteiger charge is 2.09. The third-order valence-corrected chi connectivity index (χ3v) is 3.38. The molecule has 5 N–H and O–H groups in total. The van der Waals surface area contributed by atoms with E-state index in [9.17, 15) is 8.42 Å². The number of benzene rings is 1. The van der Waals surface area contributed by atoms with Gasteiger partial charge in [-0.25, -0.2) is 13.6 Å². The minimum atomic E-state index is -3.75. The van der Waals surface area contributed by atoms with Crippen LogP contribution >= 0.6 is 0 Å². The summed E-state index contributed by atoms with van der Waals surface area (Å²) in [5.74, 6) is 0. The van der Waals surface area contributed by atoms with E-state index in [2.05, 4.69) is 5.32 Å². The molecule has 0 fully saturated rings. The summed E-state index contributed by atoms with van der Waals surface area (Å²) in [4.78, 5) is -0.00338. The molecule has 0 aromatic heterocycles. The van der Waals surface area contributed by atoms with Crippen LogP contribution in [-0.2, 0) is 19.5 Å². The fourth-order valence-corrected chi connectivity index (χ4v) is 2.13. The van der Waals surface area contributed by atoms with E-state index < -0.39 is 10.0 Å². The number of primary sulfonamides is 1. The van der Waals surface area contributed by atoms with Gasteiger partial charge in [-0.3, -0.25) is 0 Å². The standard InChI is InChI=1S/C12H21N3O4S/c1-18-5-6-19-4-2-3-15-11-7-10(13)8-12(9-11)20(14,16)17/h7-9,15H,2-6,13H2,1H3,(H2,14,16,17). The van der Waals surface area contributed by atoms with Crippen molar-refractivity contribution in [2.24, 2.45) is 5.14 Å². The molecule has 0 atom stereocenters. The Kier molecular flexibility index (Phi) is 6.73. The molecule has 1 aromatic carbocycles. The second kappa shape index (κ2) is 8.05. The van der Waals surface area contributed by atoms with Gasteiger partial charge in [0.05, 0.1) is 18.1 Å². The van der Waals surface area contributed by atoms with Gasteiger partial charge in [-0.2, -0.15) is 0 Å². The number of nitrogens with one attached hydrogen (secondary N) is 1. The predicted molar refractivity (Wildman–Crippen MR) is 78.0 cm³/mol. The first kappa shape index (κ1) is 16.7. The molecule has 0 saturated heterocycles. The van der Waals surface area contributed by atoms with Gasteiger partial charge in [0.25, 0.3) is 0 Å². The van der Waals surface area contributed by atoms with Crippen molar-refractivity contribution in [3.63, 3.8) is 0 Å². The first-order chi connectivity index (χ1) is 9.43. The van der Waals surface area contributed by atoms with E-state index in [-0.39, 0.29) is 4.90 Å². The predicted octanol–water partition coefficient (Wildman–Crippen LogP) is 0.381. The Morgan fingerprint density at radius 2 is 1.95 bits per heavy atom. The highest BCUT2D eigenvalue weighted by atomic mass is 32.2. The van der Waals surface area contributed by atoms with Crippen LogP contribution in [0.4, 0.5) is 11.4 Å². The van der Waals surface area contributed by atoms with E-state index in [4.69, 9.17) is 20.3 Å². The molecule has 8 heteroatoms. The Labute approximate surface area is 119 Å². The van der Waals surface area contributed by atoms with Crippen LogP contribution in [0.2, 0.25) is 0 Å². The van der Waals surface area contributed by atoms with Crippen molar-refractivity contribution in [2.75, 3.05) is 44.5 Å². The average molecular weight is 303 g/mol. The van der Waals surface area contributed by atoms with Crippen LogP contribution in [0.15, 0.2) is 23.1 Å². The maximum atomic E-state index is 11.3. The van der Waals surface area contributed by atoms with Gasteiger partial charge in [-0.05, 0) is 24.6 Å². The summed E-state index contributed by atoms with van der Waals surface area (Å²) in [6.45, 7) is 2.37. The van der Waals surface area contributed by atoms with Crippen molar-refractivity contribution < 1.29 is 17.9 Å². The van der Waals surface area contributed by atoms with Crippen molar-refractivity contribution in [3.8, 4) is 0 Å². The maximum Gasteiger partial charge on any atom is 0.238 e. The molecule has 7 nitrogen and oxygen atoms in total. The molecule has 0 radical (unpaired) electrons. The smallest absolute Gasteiger partial charge is 0.238 e. The Hall–Kier alpha value is -1.35. The fourth-order valence-electron chi connectivity index (χ4n) is 1.54. The topological polar surface area (TPSA) is 117 Å². The zero-order valence-electron chi connectivity index (χ0n) is 11.5. The number of nitrogen functional groups attached to an aromatic ring is 1. The molecule has 20 heavy (non-hydrogen) atoms. The number of hydrogen-bond donors (Lipinski definition) is 3. The molecular weight excluding hydrogens is 282 g/mol. The van der Waals surface area contributed by atoms with E-state index in [1.54, 1.807) is 13.2 Å². The van der Waals surface area contributed by atoms with E-state index in [0.717, 1.165) is 6.42 Å². The summed E-state index contributed by atoms with van der Waals surface area (Å²) in [7, 11) is -2.13. The number of sulfonamides is 1. The number of ether oxygens (including phenoxy) is 2. The zero-order chi connectivity index (χ0) is 15.0. The number of hydrogen-bond acceptors (Lipinski definition) is 6. The second-order valence-electron chi connectivity index (χ2n) is 4.22. The van der Waals surface area contributed by atoms with Crippen LogP contribution in [-0.4, -0.2) is 41.9 Å². The molecule has 0 heterocycles. The highest BCUT2D eigenvalue weighted by molar-refractivity contribution is 7.89. The van der Waals surface area contributed by atoms with Gasteiger partial charge in [-0.1, -0.05) is 0 Å². The lowest BCUT2D eigenvalue weighted by molar-refractivity contribution is 0.0705. The van der Waals surface area contributed by atoms with Crippen molar-refractivity contribution in [1.29, 1.82) is 0 Å². The van der Waals surface area contributed by atoms with Gasteiger partial charge in [0, 0.05) is 31.6 Å². The first-order valence-corrected chi connectivity index (χ1v) is 7.72. The van der Waals surface area contributed by atoms with Crippen LogP contribution in [0.1, 0.15) is 6.42 Å². The zero-order valence-corrected chi connectivity index (χ0v) is 12.3. The van der Waals surface area contributed by atoms with Gasteiger partial charge < -0.3 is 20.5 Å². The largest absolute Gasteiger partial charge is 0.399 e. The SMILES string of the molecule is COCCOCCCNc1cc(N)cc(S(N)(=O)=O)c1. The molecule has 1 aromatic rings. The summed E-state index contributed by atoms with van der Waals surface area (Å²) in [6, 6.07) is 4.44. The van der Waals surface area contributed by atoms with E-state index >= 15 is 0 Å². The summed E-state index contributed by atoms with van der Waals surface area (Å²) >= 11 is 0. The molecule has 0 saturated carbocycles. The molecular formula is C12H21N3O4S. The number of methoxy groups -OCH3 is 1. The van der Waals surface area contributed by atoms with Gasteiger partial charge in [-0.15, -0.1) is 0 Å². The lowest BCUT2D eigenvalue weighted by Crippen LogP contribution is -2.13. The van der Waals surface area contributed by atoms with E-state index in [1.807, 2.05) is 0 Å². The highest BCUT2D eigenvalue weighted by Crippen LogP contribution is 2.19. The average Bonchev–Trinajstić information content (AvgIpc) is 2.36. The fraction of sp³-hybridized carbons (Fsp3) is 0.500. The summed E-state index contributed by atoms with van der Waals surface area (Å²) in [6.07, 6.45) is 0.781. The lowest BCUT2D eigenvalue weighted by Gasteiger charge is -2.09. The van der Waals surface area contributed by atoms with Gasteiger partial charge in [0.2, 0.25) is 10.0 Å². The van der Waals surface area contributed by atoms with Crippen LogP contribution in [0.5, 0.6) is 0 Å². The summed E-state index contributed by atoms with van der Waals surface area (Å²) < 4.78 is 32.7. The molecule has 114 valence electrons. The Balaban J connectivity index is 2.43. The Morgan fingerprint density at radius 1 is 1.20 bits per heavy atom. The van der Waals surface area contributed by atoms with Crippen molar-refractivity contribution in [2.45, 2.75) is 11.3 Å². The molecule has 0 aliphatic carbocycles. The summed E-state index contributed by atoms with van der Waals surface area (Å²) in [5, 5.41) is 8.15. The Morgan fingerprint density at radius 3 is 2.60 bits per heavy atom. The van der Waals surface area contributed by atoms with Crippen LogP contribution in [0, 0.1) is 0 Å². The molecule has 0 spiro atoms. The van der Waals surface area contributed by atoms with Crippen LogP contribution in [0.25, 0.3) is 0 Å². The normalized spacial score (nSPS) is 11.5. The first-order valence-electron chi connectivity index (χ1n) is 6.17. The van der Waals surface area contributed by atoms with Crippen molar-refractivity contribution in [3.05, 3.63) is 18.2 Å². The molecule has 0 bridgehead atoms. The van der Waals surface area contributed by atoms with Gasteiger partial charge >= 0.3 is 0 Å². The van der Waals surface area contributed by atoms with Gasteiger partial charge in [0.1, 0.15) is 0 Å². The van der Waals surface area contributed by atoms with Crippen molar-refractivity contribution >= 4 is 21.4 Å². The minimum absolute atomic E-state index is 0.00338. The number of rotatable bonds is 9. The van der Waals surface area contributed by atoms with Crippen LogP contribution < -0.4 is 16.2 Å². The molecule has 0 aliphatic rings. The van der Waals surface area contributed by atoms with Crippen LogP contribution in [0.3, 0.4) is 0 Å². The van der Waals surface area contributed by atoms with Gasteiger partial charge in [0.15, 0.2) is 0 Å². The third-order valence-electron chi connectivity index (χ3n) is 2.48. The summed E-state index contributed by atoms with van der Waals surface area (Å²) in [5.41, 5.74) is 6.60. The third kappa shape index (κ3) is 6.20. The van der Waals surface area contributed by atoms with E-state index in [0.29, 0.717) is 37.7 Å². The minimum Gasteiger partial charge on any atom is -0.399 e.